The number of benzene rings is 3. The number of aromatic nitrogens is 4. The Balaban J connectivity index is 1.24. The van der Waals surface area contributed by atoms with Crippen molar-refractivity contribution in [1.29, 1.82) is 0 Å². The molecule has 11 nitrogen and oxygen atoms in total. The lowest BCUT2D eigenvalue weighted by molar-refractivity contribution is -0.137. The Bertz CT molecular complexity index is 1990. The normalized spacial score (nSPS) is 16.0. The lowest BCUT2D eigenvalue weighted by Gasteiger charge is -2.24. The van der Waals surface area contributed by atoms with Crippen LogP contribution in [0.25, 0.3) is 33.2 Å². The molecule has 3 aromatic carbocycles. The summed E-state index contributed by atoms with van der Waals surface area (Å²) in [6.45, 7) is -0.760. The number of ether oxygens (including phenoxy) is 1. The second-order valence-electron chi connectivity index (χ2n) is 10.6. The van der Waals surface area contributed by atoms with Crippen molar-refractivity contribution in [3.8, 4) is 28.3 Å². The molecule has 2 aromatic heterocycles. The van der Waals surface area contributed by atoms with E-state index >= 15 is 4.39 Å². The van der Waals surface area contributed by atoms with Gasteiger partial charge in [0.15, 0.2) is 11.5 Å². The van der Waals surface area contributed by atoms with E-state index in [0.717, 1.165) is 4.90 Å². The van der Waals surface area contributed by atoms with E-state index in [0.29, 0.717) is 32.6 Å². The van der Waals surface area contributed by atoms with Crippen LogP contribution < -0.4 is 15.8 Å². The number of methoxy groups -OCH3 is 1. The fourth-order valence-corrected chi connectivity index (χ4v) is 5.73. The Morgan fingerprint density at radius 3 is 2.50 bits per heavy atom. The third-order valence-corrected chi connectivity index (χ3v) is 8.04. The first-order chi connectivity index (χ1) is 22.1. The molecule has 14 heteroatoms. The van der Waals surface area contributed by atoms with Crippen LogP contribution in [-0.4, -0.2) is 68.2 Å². The van der Waals surface area contributed by atoms with Crippen molar-refractivity contribution in [2.45, 2.75) is 25.2 Å². The van der Waals surface area contributed by atoms with Gasteiger partial charge in [0.05, 0.1) is 24.9 Å². The third kappa shape index (κ3) is 5.84. The first-order valence-corrected chi connectivity index (χ1v) is 14.5. The molecule has 0 bridgehead atoms. The van der Waals surface area contributed by atoms with Crippen LogP contribution in [0.1, 0.15) is 16.9 Å². The van der Waals surface area contributed by atoms with Crippen molar-refractivity contribution in [3.63, 3.8) is 0 Å². The van der Waals surface area contributed by atoms with Crippen molar-refractivity contribution in [2.24, 2.45) is 5.73 Å². The van der Waals surface area contributed by atoms with E-state index in [9.17, 15) is 18.8 Å². The summed E-state index contributed by atoms with van der Waals surface area (Å²) in [7, 11) is 1.45. The van der Waals surface area contributed by atoms with E-state index in [1.807, 2.05) is 0 Å². The predicted molar refractivity (Wildman–Crippen MR) is 166 cm³/mol. The maximum Gasteiger partial charge on any atom is 0.316 e. The van der Waals surface area contributed by atoms with E-state index in [2.05, 4.69) is 20.4 Å². The number of nitrogens with zero attached hydrogens (tertiary/aromatic N) is 5. The zero-order valence-corrected chi connectivity index (χ0v) is 25.0. The van der Waals surface area contributed by atoms with E-state index < -0.39 is 42.3 Å². The predicted octanol–water partition coefficient (Wildman–Crippen LogP) is 4.64. The van der Waals surface area contributed by atoms with Gasteiger partial charge in [-0.1, -0.05) is 48.0 Å². The molecule has 0 radical (unpaired) electrons. The highest BCUT2D eigenvalue weighted by atomic mass is 35.5. The van der Waals surface area contributed by atoms with E-state index in [4.69, 9.17) is 22.1 Å². The van der Waals surface area contributed by atoms with Gasteiger partial charge in [-0.25, -0.2) is 18.7 Å². The molecule has 0 spiro atoms. The van der Waals surface area contributed by atoms with Gasteiger partial charge in [-0.05, 0) is 29.8 Å². The number of rotatable bonds is 8. The van der Waals surface area contributed by atoms with Crippen molar-refractivity contribution in [3.05, 3.63) is 89.6 Å². The van der Waals surface area contributed by atoms with Crippen molar-refractivity contribution < 1.29 is 27.9 Å². The van der Waals surface area contributed by atoms with Crippen LogP contribution in [0, 0.1) is 5.82 Å². The first kappa shape index (κ1) is 30.6. The summed E-state index contributed by atoms with van der Waals surface area (Å²) in [6, 6.07) is 15.2. The second kappa shape index (κ2) is 12.5. The number of primary amides is 1. The number of hydrogen-bond donors (Lipinski definition) is 2. The van der Waals surface area contributed by atoms with Gasteiger partial charge in [-0.15, -0.1) is 0 Å². The number of fused-ring (bicyclic) bond motifs is 1. The highest BCUT2D eigenvalue weighted by Gasteiger charge is 2.40. The standard InChI is InChI=1S/C32H26ClF2N7O4/c1-46-32-37-13-18(14-38-32)17-9-10-25-22(11-17)29(30(36)44)40-42(25)16-27(43)41-15-19(34)12-26(41)31(45)39-24-8-4-6-21(28(24)35)20-5-2-3-7-23(20)33/h2-11,13-14,19,26H,12,15-16H2,1H3,(H2,36,44)(H,39,45)/t19-,26+/m1/s1. The Morgan fingerprint density at radius 2 is 1.78 bits per heavy atom. The zero-order chi connectivity index (χ0) is 32.5. The van der Waals surface area contributed by atoms with E-state index in [-0.39, 0.29) is 35.9 Å². The van der Waals surface area contributed by atoms with Crippen LogP contribution in [0.3, 0.4) is 0 Å². The minimum absolute atomic E-state index is 0.0768. The molecule has 0 unspecified atom stereocenters. The largest absolute Gasteiger partial charge is 0.467 e. The quantitative estimate of drug-likeness (QED) is 0.250. The molecular weight excluding hydrogens is 620 g/mol. The summed E-state index contributed by atoms with van der Waals surface area (Å²) in [5.74, 6) is -2.92. The molecule has 1 aliphatic heterocycles. The minimum atomic E-state index is -1.48. The number of anilines is 1. The number of hydrogen-bond acceptors (Lipinski definition) is 7. The minimum Gasteiger partial charge on any atom is -0.467 e. The van der Waals surface area contributed by atoms with Gasteiger partial charge in [0, 0.05) is 45.9 Å². The van der Waals surface area contributed by atoms with E-state index in [1.54, 1.807) is 60.9 Å². The molecule has 1 fully saturated rings. The molecule has 3 amide bonds. The fourth-order valence-electron chi connectivity index (χ4n) is 5.49. The molecule has 46 heavy (non-hydrogen) atoms. The van der Waals surface area contributed by atoms with E-state index in [1.165, 1.54) is 23.9 Å². The Labute approximate surface area is 265 Å². The number of nitrogens with one attached hydrogen (secondary N) is 1. The molecule has 1 saturated heterocycles. The number of likely N-dealkylation sites (tertiary alicyclic amines) is 1. The lowest BCUT2D eigenvalue weighted by Crippen LogP contribution is -2.44. The summed E-state index contributed by atoms with van der Waals surface area (Å²) < 4.78 is 36.5. The van der Waals surface area contributed by atoms with Gasteiger partial charge < -0.3 is 20.7 Å². The molecule has 3 N–H and O–H groups in total. The molecular formula is C32H26ClF2N7O4. The molecule has 234 valence electrons. The van der Waals surface area contributed by atoms with Crippen molar-refractivity contribution in [2.75, 3.05) is 19.0 Å². The fraction of sp³-hybridized carbons (Fsp3) is 0.188. The monoisotopic (exact) mass is 645 g/mol. The van der Waals surface area contributed by atoms with Gasteiger partial charge in [-0.2, -0.15) is 5.10 Å². The number of alkyl halides is 1. The van der Waals surface area contributed by atoms with Crippen molar-refractivity contribution in [1.82, 2.24) is 24.6 Å². The highest BCUT2D eigenvalue weighted by Crippen LogP contribution is 2.33. The van der Waals surface area contributed by atoms with Crippen LogP contribution >= 0.6 is 11.6 Å². The average Bonchev–Trinajstić information content (AvgIpc) is 3.63. The number of amides is 3. The highest BCUT2D eigenvalue weighted by molar-refractivity contribution is 6.33. The van der Waals surface area contributed by atoms with Gasteiger partial charge in [0.25, 0.3) is 5.91 Å². The maximum absolute atomic E-state index is 15.5. The smallest absolute Gasteiger partial charge is 0.316 e. The summed E-state index contributed by atoms with van der Waals surface area (Å²) in [5, 5.41) is 7.48. The van der Waals surface area contributed by atoms with Gasteiger partial charge in [0.1, 0.15) is 18.8 Å². The number of halogens is 3. The zero-order valence-electron chi connectivity index (χ0n) is 24.3. The summed E-state index contributed by atoms with van der Waals surface area (Å²) in [5.41, 5.74) is 7.70. The molecule has 2 atom stereocenters. The lowest BCUT2D eigenvalue weighted by atomic mass is 10.0. The van der Waals surface area contributed by atoms with Crippen LogP contribution in [0.4, 0.5) is 14.5 Å². The molecule has 6 rings (SSSR count). The SMILES string of the molecule is COc1ncc(-c2ccc3c(c2)c(C(N)=O)nn3CC(=O)N2C[C@H](F)C[C@H]2C(=O)Nc2cccc(-c3ccccc3Cl)c2F)cn1. The molecule has 0 aliphatic carbocycles. The number of carbonyl (C=O) groups is 3. The van der Waals surface area contributed by atoms with Gasteiger partial charge >= 0.3 is 6.01 Å². The number of nitrogens with two attached hydrogens (primary N) is 1. The topological polar surface area (TPSA) is 145 Å². The molecule has 1 aliphatic rings. The van der Waals surface area contributed by atoms with Crippen LogP contribution in [0.5, 0.6) is 6.01 Å². The van der Waals surface area contributed by atoms with Crippen LogP contribution in [0.2, 0.25) is 5.02 Å². The Morgan fingerprint density at radius 1 is 1.04 bits per heavy atom. The summed E-state index contributed by atoms with van der Waals surface area (Å²) in [6.07, 6.45) is 1.35. The van der Waals surface area contributed by atoms with Crippen LogP contribution in [0.15, 0.2) is 73.1 Å². The van der Waals surface area contributed by atoms with Crippen LogP contribution in [-0.2, 0) is 16.1 Å². The Hall–Kier alpha value is -5.43. The van der Waals surface area contributed by atoms with Gasteiger partial charge in [0.2, 0.25) is 11.8 Å². The molecule has 3 heterocycles. The van der Waals surface area contributed by atoms with Gasteiger partial charge in [-0.3, -0.25) is 19.1 Å². The summed E-state index contributed by atoms with van der Waals surface area (Å²) >= 11 is 6.25. The third-order valence-electron chi connectivity index (χ3n) is 7.71. The Kier molecular flexibility index (Phi) is 8.33. The summed E-state index contributed by atoms with van der Waals surface area (Å²) in [4.78, 5) is 48.4. The average molecular weight is 646 g/mol. The molecule has 0 saturated carbocycles. The number of carbonyl (C=O) groups excluding carboxylic acids is 3. The molecule has 5 aromatic rings. The van der Waals surface area contributed by atoms with Crippen molar-refractivity contribution >= 4 is 45.9 Å². The maximum atomic E-state index is 15.5. The second-order valence-corrected chi connectivity index (χ2v) is 11.0. The first-order valence-electron chi connectivity index (χ1n) is 14.1.